The standard InChI is InChI=1S/C25H26N4O5/c1-31-16-6-7-17(21(12-16)33-3)24-23-18(28-25-26-13-27-29(24)25)9-15(10-19(23)30)14-5-8-20(32-2)22(11-14)34-4/h5-8,11-13,15,24H,9-10H2,1-4H3,(H,26,27,28)/t15-,24-/m0/s1. The van der Waals surface area contributed by atoms with Crippen molar-refractivity contribution in [1.29, 1.82) is 0 Å². The van der Waals surface area contributed by atoms with Crippen LogP contribution in [0.3, 0.4) is 0 Å². The lowest BCUT2D eigenvalue weighted by molar-refractivity contribution is -0.116. The molecule has 2 heterocycles. The molecule has 0 amide bonds. The zero-order valence-corrected chi connectivity index (χ0v) is 19.5. The Morgan fingerprint density at radius 1 is 0.912 bits per heavy atom. The number of Topliss-reactive ketones (excluding diaryl/α,β-unsaturated/α-hetero) is 1. The summed E-state index contributed by atoms with van der Waals surface area (Å²) in [5.41, 5.74) is 3.37. The molecule has 0 saturated carbocycles. The maximum atomic E-state index is 13.6. The van der Waals surface area contributed by atoms with Crippen LogP contribution in [0.4, 0.5) is 5.95 Å². The number of nitrogens with zero attached hydrogens (tertiary/aromatic N) is 3. The van der Waals surface area contributed by atoms with Gasteiger partial charge in [-0.15, -0.1) is 0 Å². The minimum atomic E-state index is -0.451. The van der Waals surface area contributed by atoms with Gasteiger partial charge in [-0.25, -0.2) is 4.68 Å². The van der Waals surface area contributed by atoms with Gasteiger partial charge in [-0.05, 0) is 42.2 Å². The van der Waals surface area contributed by atoms with Crippen LogP contribution >= 0.6 is 0 Å². The maximum Gasteiger partial charge on any atom is 0.226 e. The van der Waals surface area contributed by atoms with Crippen LogP contribution in [0, 0.1) is 0 Å². The Morgan fingerprint density at radius 3 is 2.44 bits per heavy atom. The zero-order chi connectivity index (χ0) is 23.8. The quantitative estimate of drug-likeness (QED) is 0.592. The zero-order valence-electron chi connectivity index (χ0n) is 19.5. The maximum absolute atomic E-state index is 13.6. The third-order valence-corrected chi connectivity index (χ3v) is 6.48. The van der Waals surface area contributed by atoms with Crippen molar-refractivity contribution in [3.05, 3.63) is 65.1 Å². The van der Waals surface area contributed by atoms with E-state index in [-0.39, 0.29) is 11.7 Å². The Bertz CT molecular complexity index is 1280. The fraction of sp³-hybridized carbons (Fsp3) is 0.320. The van der Waals surface area contributed by atoms with Gasteiger partial charge in [0.1, 0.15) is 23.9 Å². The van der Waals surface area contributed by atoms with Gasteiger partial charge in [0.25, 0.3) is 0 Å². The first-order valence-electron chi connectivity index (χ1n) is 10.9. The second-order valence-electron chi connectivity index (χ2n) is 8.20. The van der Waals surface area contributed by atoms with Crippen molar-refractivity contribution in [2.75, 3.05) is 33.8 Å². The molecule has 0 fully saturated rings. The van der Waals surface area contributed by atoms with E-state index < -0.39 is 6.04 Å². The molecule has 3 aromatic rings. The summed E-state index contributed by atoms with van der Waals surface area (Å²) in [6.07, 6.45) is 2.51. The van der Waals surface area contributed by atoms with Gasteiger partial charge in [0, 0.05) is 29.3 Å². The molecule has 0 saturated heterocycles. The minimum absolute atomic E-state index is 0.00793. The molecule has 0 radical (unpaired) electrons. The van der Waals surface area contributed by atoms with Crippen LogP contribution in [0.5, 0.6) is 23.0 Å². The van der Waals surface area contributed by atoms with Crippen LogP contribution in [-0.2, 0) is 4.79 Å². The fourth-order valence-corrected chi connectivity index (χ4v) is 4.83. The molecule has 1 aromatic heterocycles. The van der Waals surface area contributed by atoms with Gasteiger partial charge >= 0.3 is 0 Å². The molecule has 0 unspecified atom stereocenters. The Balaban J connectivity index is 1.58. The van der Waals surface area contributed by atoms with Gasteiger partial charge in [0.2, 0.25) is 5.95 Å². The van der Waals surface area contributed by atoms with Crippen molar-refractivity contribution in [2.45, 2.75) is 24.8 Å². The number of anilines is 1. The molecule has 1 aliphatic carbocycles. The SMILES string of the molecule is COc1ccc([C@H]2C3=C(C[C@H](c4ccc(OC)c(OC)c4)CC3=O)Nc3ncnn32)c(OC)c1. The number of allylic oxidation sites excluding steroid dienone is 2. The molecule has 5 rings (SSSR count). The number of ether oxygens (including phenoxy) is 4. The summed E-state index contributed by atoms with van der Waals surface area (Å²) in [4.78, 5) is 18.0. The van der Waals surface area contributed by atoms with Crippen LogP contribution in [0.25, 0.3) is 0 Å². The Morgan fingerprint density at radius 2 is 1.71 bits per heavy atom. The summed E-state index contributed by atoms with van der Waals surface area (Å²) in [6.45, 7) is 0. The third-order valence-electron chi connectivity index (χ3n) is 6.48. The molecule has 0 spiro atoms. The van der Waals surface area contributed by atoms with Crippen LogP contribution in [0.1, 0.15) is 35.9 Å². The smallest absolute Gasteiger partial charge is 0.226 e. The summed E-state index contributed by atoms with van der Waals surface area (Å²) in [7, 11) is 6.42. The van der Waals surface area contributed by atoms with Crippen molar-refractivity contribution in [1.82, 2.24) is 14.8 Å². The number of nitrogens with one attached hydrogen (secondary N) is 1. The second-order valence-corrected chi connectivity index (χ2v) is 8.20. The molecule has 9 nitrogen and oxygen atoms in total. The second kappa shape index (κ2) is 8.74. The highest BCUT2D eigenvalue weighted by molar-refractivity contribution is 6.00. The lowest BCUT2D eigenvalue weighted by atomic mass is 9.77. The van der Waals surface area contributed by atoms with E-state index in [0.29, 0.717) is 47.4 Å². The van der Waals surface area contributed by atoms with E-state index >= 15 is 0 Å². The van der Waals surface area contributed by atoms with Crippen molar-refractivity contribution < 1.29 is 23.7 Å². The van der Waals surface area contributed by atoms with E-state index in [2.05, 4.69) is 15.4 Å². The fourth-order valence-electron chi connectivity index (χ4n) is 4.83. The van der Waals surface area contributed by atoms with Crippen molar-refractivity contribution >= 4 is 11.7 Å². The van der Waals surface area contributed by atoms with Crippen LogP contribution in [-0.4, -0.2) is 49.0 Å². The number of rotatable bonds is 6. The Hall–Kier alpha value is -4.01. The molecule has 176 valence electrons. The van der Waals surface area contributed by atoms with E-state index in [0.717, 1.165) is 16.8 Å². The van der Waals surface area contributed by atoms with E-state index in [1.807, 2.05) is 36.4 Å². The van der Waals surface area contributed by atoms with E-state index in [4.69, 9.17) is 18.9 Å². The molecule has 0 bridgehead atoms. The van der Waals surface area contributed by atoms with Crippen LogP contribution < -0.4 is 24.3 Å². The summed E-state index contributed by atoms with van der Waals surface area (Å²) in [5.74, 6) is 3.22. The Labute approximate surface area is 197 Å². The highest BCUT2D eigenvalue weighted by atomic mass is 16.5. The number of methoxy groups -OCH3 is 4. The number of hydrogen-bond acceptors (Lipinski definition) is 8. The highest BCUT2D eigenvalue weighted by Crippen LogP contribution is 2.46. The molecular formula is C25H26N4O5. The molecule has 9 heteroatoms. The number of carbonyl (C=O) groups excluding carboxylic acids is 1. The van der Waals surface area contributed by atoms with Gasteiger partial charge < -0.3 is 24.3 Å². The number of carbonyl (C=O) groups is 1. The predicted octanol–water partition coefficient (Wildman–Crippen LogP) is 3.73. The summed E-state index contributed by atoms with van der Waals surface area (Å²) < 4.78 is 23.6. The van der Waals surface area contributed by atoms with Gasteiger partial charge in [-0.2, -0.15) is 10.1 Å². The monoisotopic (exact) mass is 462 g/mol. The molecule has 34 heavy (non-hydrogen) atoms. The molecule has 2 aromatic carbocycles. The first-order chi connectivity index (χ1) is 16.6. The number of hydrogen-bond donors (Lipinski definition) is 1. The lowest BCUT2D eigenvalue weighted by Crippen LogP contribution is -2.33. The molecule has 1 aliphatic heterocycles. The van der Waals surface area contributed by atoms with Crippen molar-refractivity contribution in [3.8, 4) is 23.0 Å². The first kappa shape index (κ1) is 21.8. The first-order valence-corrected chi connectivity index (χ1v) is 10.9. The van der Waals surface area contributed by atoms with Crippen LogP contribution in [0.15, 0.2) is 54.0 Å². The van der Waals surface area contributed by atoms with Gasteiger partial charge in [-0.1, -0.05) is 6.07 Å². The minimum Gasteiger partial charge on any atom is -0.497 e. The topological polar surface area (TPSA) is 96.7 Å². The average Bonchev–Trinajstić information content (AvgIpc) is 3.34. The van der Waals surface area contributed by atoms with E-state index in [1.54, 1.807) is 33.1 Å². The molecular weight excluding hydrogens is 436 g/mol. The van der Waals surface area contributed by atoms with Gasteiger partial charge in [-0.3, -0.25) is 4.79 Å². The highest BCUT2D eigenvalue weighted by Gasteiger charge is 2.40. The molecule has 1 N–H and O–H groups in total. The summed E-state index contributed by atoms with van der Waals surface area (Å²) >= 11 is 0. The lowest BCUT2D eigenvalue weighted by Gasteiger charge is -2.35. The Kier molecular flexibility index (Phi) is 5.61. The predicted molar refractivity (Wildman–Crippen MR) is 125 cm³/mol. The number of fused-ring (bicyclic) bond motifs is 1. The number of aromatic nitrogens is 3. The van der Waals surface area contributed by atoms with Gasteiger partial charge in [0.15, 0.2) is 17.3 Å². The van der Waals surface area contributed by atoms with Crippen LogP contribution in [0.2, 0.25) is 0 Å². The summed E-state index contributed by atoms with van der Waals surface area (Å²) in [6, 6.07) is 10.9. The summed E-state index contributed by atoms with van der Waals surface area (Å²) in [5, 5.41) is 7.76. The van der Waals surface area contributed by atoms with E-state index in [1.165, 1.54) is 6.33 Å². The largest absolute Gasteiger partial charge is 0.497 e. The molecule has 2 aliphatic rings. The normalized spacial score (nSPS) is 19.1. The molecule has 2 atom stereocenters. The average molecular weight is 463 g/mol. The van der Waals surface area contributed by atoms with Gasteiger partial charge in [0.05, 0.1) is 28.4 Å². The number of ketones is 1. The van der Waals surface area contributed by atoms with E-state index in [9.17, 15) is 4.79 Å². The third kappa shape index (κ3) is 3.53. The van der Waals surface area contributed by atoms with Crippen molar-refractivity contribution in [2.24, 2.45) is 0 Å². The van der Waals surface area contributed by atoms with Crippen molar-refractivity contribution in [3.63, 3.8) is 0 Å². The number of benzene rings is 2.